The fourth-order valence-corrected chi connectivity index (χ4v) is 2.52. The zero-order chi connectivity index (χ0) is 14.9. The van der Waals surface area contributed by atoms with Crippen LogP contribution in [0.4, 0.5) is 24.7 Å². The van der Waals surface area contributed by atoms with E-state index in [9.17, 15) is 13.2 Å². The predicted molar refractivity (Wildman–Crippen MR) is 79.4 cm³/mol. The Hall–Kier alpha value is -0.790. The first kappa shape index (κ1) is 15.6. The number of benzene rings is 1. The first-order valence-corrected chi connectivity index (χ1v) is 7.18. The smallest absolute Gasteiger partial charge is 0.338 e. The molecule has 0 saturated carbocycles. The number of hydrogen-bond acceptors (Lipinski definition) is 2. The van der Waals surface area contributed by atoms with Gasteiger partial charge in [-0.25, -0.2) is 4.98 Å². The van der Waals surface area contributed by atoms with Crippen LogP contribution in [0.2, 0.25) is 5.02 Å². The number of hydrogen-bond donors (Lipinski definition) is 1. The molecule has 0 radical (unpaired) electrons. The third kappa shape index (κ3) is 3.65. The van der Waals surface area contributed by atoms with Gasteiger partial charge in [0.2, 0.25) is 0 Å². The molecule has 1 aromatic heterocycles. The van der Waals surface area contributed by atoms with Gasteiger partial charge in [-0.3, -0.25) is 0 Å². The molecule has 2 aromatic rings. The third-order valence-electron chi connectivity index (χ3n) is 2.35. The highest BCUT2D eigenvalue weighted by Gasteiger charge is 2.31. The summed E-state index contributed by atoms with van der Waals surface area (Å²) in [6.07, 6.45) is -3.00. The van der Waals surface area contributed by atoms with Crippen LogP contribution in [0.25, 0.3) is 0 Å². The first-order chi connectivity index (χ1) is 9.27. The number of anilines is 2. The lowest BCUT2D eigenvalue weighted by molar-refractivity contribution is -0.137. The Morgan fingerprint density at radius 3 is 2.40 bits per heavy atom. The van der Waals surface area contributed by atoms with Gasteiger partial charge in [0.25, 0.3) is 0 Å². The summed E-state index contributed by atoms with van der Waals surface area (Å²) in [4.78, 5) is 4.01. The molecular formula is C12H6Br2ClF3N2. The van der Waals surface area contributed by atoms with E-state index in [1.807, 2.05) is 0 Å². The van der Waals surface area contributed by atoms with Crippen molar-refractivity contribution in [3.8, 4) is 0 Å². The molecule has 2 nitrogen and oxygen atoms in total. The monoisotopic (exact) mass is 428 g/mol. The topological polar surface area (TPSA) is 24.9 Å². The van der Waals surface area contributed by atoms with E-state index in [1.165, 1.54) is 12.3 Å². The van der Waals surface area contributed by atoms with Gasteiger partial charge in [0, 0.05) is 10.7 Å². The maximum atomic E-state index is 12.7. The van der Waals surface area contributed by atoms with E-state index in [0.29, 0.717) is 19.8 Å². The average Bonchev–Trinajstić information content (AvgIpc) is 2.33. The van der Waals surface area contributed by atoms with Crippen LogP contribution in [-0.4, -0.2) is 4.98 Å². The molecule has 2 rings (SSSR count). The van der Waals surface area contributed by atoms with Crippen molar-refractivity contribution in [2.24, 2.45) is 0 Å². The van der Waals surface area contributed by atoms with Crippen molar-refractivity contribution >= 4 is 55.0 Å². The quantitative estimate of drug-likeness (QED) is 0.630. The molecule has 1 N–H and O–H groups in total. The van der Waals surface area contributed by atoms with E-state index in [0.717, 1.165) is 12.1 Å². The summed E-state index contributed by atoms with van der Waals surface area (Å²) in [6, 6.07) is 4.93. The fraction of sp³-hybridized carbons (Fsp3) is 0.0833. The van der Waals surface area contributed by atoms with Gasteiger partial charge in [-0.15, -0.1) is 0 Å². The molecule has 0 aliphatic rings. The molecule has 1 heterocycles. The van der Waals surface area contributed by atoms with Crippen LogP contribution < -0.4 is 5.32 Å². The van der Waals surface area contributed by atoms with Crippen LogP contribution in [0.15, 0.2) is 39.4 Å². The minimum Gasteiger partial charge on any atom is -0.338 e. The summed E-state index contributed by atoms with van der Waals surface area (Å²) in [6.45, 7) is 0. The lowest BCUT2D eigenvalue weighted by Crippen LogP contribution is -2.06. The second-order valence-corrected chi connectivity index (χ2v) is 5.95. The van der Waals surface area contributed by atoms with E-state index in [2.05, 4.69) is 42.2 Å². The summed E-state index contributed by atoms with van der Waals surface area (Å²) in [7, 11) is 0. The summed E-state index contributed by atoms with van der Waals surface area (Å²) in [5.74, 6) is 0.370. The molecule has 0 spiro atoms. The van der Waals surface area contributed by atoms with E-state index in [4.69, 9.17) is 11.6 Å². The van der Waals surface area contributed by atoms with Crippen LogP contribution in [-0.2, 0) is 6.18 Å². The van der Waals surface area contributed by atoms with Crippen molar-refractivity contribution in [3.63, 3.8) is 0 Å². The molecule has 0 saturated heterocycles. The SMILES string of the molecule is FC(F)(F)c1ccc(Br)c(Nc2ncc(Cl)cc2Br)c1. The number of rotatable bonds is 2. The van der Waals surface area contributed by atoms with Crippen molar-refractivity contribution in [2.45, 2.75) is 6.18 Å². The Morgan fingerprint density at radius 2 is 1.80 bits per heavy atom. The molecule has 0 aliphatic heterocycles. The normalized spacial score (nSPS) is 11.5. The minimum absolute atomic E-state index is 0.260. The fourth-order valence-electron chi connectivity index (χ4n) is 1.43. The zero-order valence-electron chi connectivity index (χ0n) is 9.60. The van der Waals surface area contributed by atoms with E-state index < -0.39 is 11.7 Å². The average molecular weight is 430 g/mol. The molecule has 0 aliphatic carbocycles. The number of alkyl halides is 3. The van der Waals surface area contributed by atoms with Crippen molar-refractivity contribution in [1.29, 1.82) is 0 Å². The van der Waals surface area contributed by atoms with Gasteiger partial charge in [0.15, 0.2) is 0 Å². The molecular weight excluding hydrogens is 424 g/mol. The first-order valence-electron chi connectivity index (χ1n) is 5.22. The minimum atomic E-state index is -4.40. The Labute approximate surface area is 134 Å². The van der Waals surface area contributed by atoms with Gasteiger partial charge in [0.1, 0.15) is 5.82 Å². The standard InChI is InChI=1S/C12H6Br2ClF3N2/c13-8-2-1-6(12(16,17)18)3-10(8)20-11-9(14)4-7(15)5-19-11/h1-5H,(H,19,20). The van der Waals surface area contributed by atoms with Gasteiger partial charge >= 0.3 is 6.18 Å². The Kier molecular flexibility index (Phi) is 4.61. The molecule has 0 unspecified atom stereocenters. The zero-order valence-corrected chi connectivity index (χ0v) is 13.5. The maximum Gasteiger partial charge on any atom is 0.416 e. The number of nitrogens with zero attached hydrogens (tertiary/aromatic N) is 1. The molecule has 20 heavy (non-hydrogen) atoms. The largest absolute Gasteiger partial charge is 0.416 e. The number of nitrogens with one attached hydrogen (secondary N) is 1. The molecule has 1 aromatic carbocycles. The van der Waals surface area contributed by atoms with Gasteiger partial charge in [0.05, 0.1) is 20.7 Å². The van der Waals surface area contributed by atoms with E-state index >= 15 is 0 Å². The van der Waals surface area contributed by atoms with Gasteiger partial charge in [-0.05, 0) is 56.1 Å². The number of aromatic nitrogens is 1. The summed E-state index contributed by atoms with van der Waals surface area (Å²) in [5.41, 5.74) is -0.483. The van der Waals surface area contributed by atoms with Crippen LogP contribution in [0.5, 0.6) is 0 Å². The molecule has 8 heteroatoms. The van der Waals surface area contributed by atoms with Crippen LogP contribution in [0.3, 0.4) is 0 Å². The molecule has 0 amide bonds. The van der Waals surface area contributed by atoms with E-state index in [-0.39, 0.29) is 5.69 Å². The van der Waals surface area contributed by atoms with Gasteiger partial charge < -0.3 is 5.32 Å². The highest BCUT2D eigenvalue weighted by molar-refractivity contribution is 9.11. The second kappa shape index (κ2) is 5.91. The third-order valence-corrected chi connectivity index (χ3v) is 3.86. The molecule has 0 fully saturated rings. The summed E-state index contributed by atoms with van der Waals surface area (Å²) in [5, 5.41) is 3.24. The molecule has 0 atom stereocenters. The Bertz CT molecular complexity index is 647. The van der Waals surface area contributed by atoms with Crippen molar-refractivity contribution in [3.05, 3.63) is 50.0 Å². The lowest BCUT2D eigenvalue weighted by Gasteiger charge is -2.13. The number of pyridine rings is 1. The van der Waals surface area contributed by atoms with Crippen LogP contribution >= 0.6 is 43.5 Å². The second-order valence-electron chi connectivity index (χ2n) is 3.80. The summed E-state index contributed by atoms with van der Waals surface area (Å²) < 4.78 is 39.1. The number of halogens is 6. The molecule has 106 valence electrons. The molecule has 0 bridgehead atoms. The van der Waals surface area contributed by atoms with Crippen molar-refractivity contribution in [2.75, 3.05) is 5.32 Å². The summed E-state index contributed by atoms with van der Waals surface area (Å²) >= 11 is 12.2. The van der Waals surface area contributed by atoms with E-state index in [1.54, 1.807) is 6.07 Å². The van der Waals surface area contributed by atoms with Crippen molar-refractivity contribution in [1.82, 2.24) is 4.98 Å². The Morgan fingerprint density at radius 1 is 1.10 bits per heavy atom. The van der Waals surface area contributed by atoms with Crippen LogP contribution in [0.1, 0.15) is 5.56 Å². The van der Waals surface area contributed by atoms with Crippen molar-refractivity contribution < 1.29 is 13.2 Å². The maximum absolute atomic E-state index is 12.7. The Balaban J connectivity index is 2.38. The lowest BCUT2D eigenvalue weighted by atomic mass is 10.2. The van der Waals surface area contributed by atoms with Gasteiger partial charge in [-0.1, -0.05) is 11.6 Å². The predicted octanol–water partition coefficient (Wildman–Crippen LogP) is 6.02. The van der Waals surface area contributed by atoms with Gasteiger partial charge in [-0.2, -0.15) is 13.2 Å². The highest BCUT2D eigenvalue weighted by atomic mass is 79.9. The van der Waals surface area contributed by atoms with Crippen LogP contribution in [0, 0.1) is 0 Å². The highest BCUT2D eigenvalue weighted by Crippen LogP contribution is 2.36.